The van der Waals surface area contributed by atoms with Crippen LogP contribution in [0.2, 0.25) is 0 Å². The van der Waals surface area contributed by atoms with Gasteiger partial charge in [-0.05, 0) is 26.0 Å². The van der Waals surface area contributed by atoms with Crippen LogP contribution in [0, 0.1) is 0 Å². The number of anilines is 1. The van der Waals surface area contributed by atoms with Gasteiger partial charge in [-0.2, -0.15) is 0 Å². The van der Waals surface area contributed by atoms with Crippen molar-refractivity contribution in [1.29, 1.82) is 0 Å². The van der Waals surface area contributed by atoms with E-state index in [1.807, 2.05) is 12.1 Å². The van der Waals surface area contributed by atoms with E-state index >= 15 is 0 Å². The molecule has 2 heterocycles. The Morgan fingerprint density at radius 2 is 2.11 bits per heavy atom. The number of benzene rings is 1. The van der Waals surface area contributed by atoms with Gasteiger partial charge in [-0.15, -0.1) is 0 Å². The quantitative estimate of drug-likeness (QED) is 0.608. The number of carbonyl (C=O) groups is 3. The lowest BCUT2D eigenvalue weighted by Crippen LogP contribution is -2.48. The zero-order chi connectivity index (χ0) is 19.6. The number of ketones is 1. The molecule has 2 amide bonds. The minimum absolute atomic E-state index is 0.153. The number of imidazole rings is 1. The van der Waals surface area contributed by atoms with E-state index in [0.29, 0.717) is 5.52 Å². The van der Waals surface area contributed by atoms with Crippen molar-refractivity contribution in [3.63, 3.8) is 0 Å². The number of hydrogen-bond acceptors (Lipinski definition) is 6. The summed E-state index contributed by atoms with van der Waals surface area (Å²) in [6.07, 6.45) is 1.24. The molecule has 9 heteroatoms. The van der Waals surface area contributed by atoms with E-state index in [1.165, 1.54) is 0 Å². The van der Waals surface area contributed by atoms with Crippen molar-refractivity contribution < 1.29 is 24.2 Å². The first-order valence-corrected chi connectivity index (χ1v) is 8.38. The van der Waals surface area contributed by atoms with Gasteiger partial charge in [0.05, 0.1) is 17.6 Å². The average molecular weight is 372 g/mol. The van der Waals surface area contributed by atoms with Gasteiger partial charge >= 0.3 is 0 Å². The van der Waals surface area contributed by atoms with E-state index in [4.69, 9.17) is 4.74 Å². The fourth-order valence-corrected chi connectivity index (χ4v) is 2.73. The van der Waals surface area contributed by atoms with Crippen molar-refractivity contribution in [3.05, 3.63) is 36.1 Å². The summed E-state index contributed by atoms with van der Waals surface area (Å²) >= 11 is 0. The van der Waals surface area contributed by atoms with Crippen molar-refractivity contribution in [2.75, 3.05) is 11.9 Å². The number of fused-ring (bicyclic) bond motifs is 1. The molecule has 9 nitrogen and oxygen atoms in total. The standard InChI is InChI=1S/C18H20N4O5/c1-18(2)8-10(24)7-14(27-18)16(26)19-13(9-23)15(25)22-17-20-11-5-3-4-6-12(11)21-17/h3-7,13,23H,8-9H2,1-2H3,(H,19,26)(H2,20,21,22,25). The van der Waals surface area contributed by atoms with Crippen molar-refractivity contribution in [2.45, 2.75) is 31.9 Å². The van der Waals surface area contributed by atoms with Gasteiger partial charge in [-0.1, -0.05) is 12.1 Å². The molecule has 1 aliphatic rings. The summed E-state index contributed by atoms with van der Waals surface area (Å²) < 4.78 is 5.49. The smallest absolute Gasteiger partial charge is 0.287 e. The van der Waals surface area contributed by atoms with Crippen LogP contribution in [0.25, 0.3) is 11.0 Å². The molecule has 0 bridgehead atoms. The van der Waals surface area contributed by atoms with Crippen molar-refractivity contribution in [3.8, 4) is 0 Å². The summed E-state index contributed by atoms with van der Waals surface area (Å²) in [5, 5.41) is 14.4. The first-order chi connectivity index (χ1) is 12.8. The van der Waals surface area contributed by atoms with Crippen LogP contribution in [0.3, 0.4) is 0 Å². The number of aliphatic hydroxyl groups excluding tert-OH is 1. The van der Waals surface area contributed by atoms with Gasteiger partial charge in [-0.3, -0.25) is 19.7 Å². The molecule has 1 aliphatic heterocycles. The van der Waals surface area contributed by atoms with Crippen LogP contribution in [-0.2, 0) is 19.1 Å². The minimum atomic E-state index is -1.24. The first-order valence-electron chi connectivity index (χ1n) is 8.38. The summed E-state index contributed by atoms with van der Waals surface area (Å²) in [4.78, 5) is 43.5. The predicted octanol–water partition coefficient (Wildman–Crippen LogP) is 0.630. The number of aromatic nitrogens is 2. The SMILES string of the molecule is CC1(C)CC(=O)C=C(C(=O)NC(CO)C(=O)Nc2nc3ccccc3[nH]2)O1. The second kappa shape index (κ2) is 7.20. The first kappa shape index (κ1) is 18.6. The third-order valence-electron chi connectivity index (χ3n) is 3.94. The molecular weight excluding hydrogens is 352 g/mol. The molecule has 0 saturated carbocycles. The lowest BCUT2D eigenvalue weighted by molar-refractivity contribution is -0.133. The zero-order valence-corrected chi connectivity index (χ0v) is 14.9. The highest BCUT2D eigenvalue weighted by molar-refractivity contribution is 6.04. The Hall–Kier alpha value is -3.20. The maximum Gasteiger partial charge on any atom is 0.287 e. The molecule has 1 unspecified atom stereocenters. The summed E-state index contributed by atoms with van der Waals surface area (Å²) in [6.45, 7) is 2.73. The normalized spacial score (nSPS) is 17.0. The van der Waals surface area contributed by atoms with Gasteiger partial charge in [0.25, 0.3) is 11.8 Å². The molecule has 1 aromatic heterocycles. The number of nitrogens with one attached hydrogen (secondary N) is 3. The molecule has 3 rings (SSSR count). The van der Waals surface area contributed by atoms with Crippen LogP contribution in [0.4, 0.5) is 5.95 Å². The lowest BCUT2D eigenvalue weighted by atomic mass is 9.98. The molecule has 0 aliphatic carbocycles. The third kappa shape index (κ3) is 4.32. The maximum atomic E-state index is 12.4. The number of ether oxygens (including phenoxy) is 1. The molecule has 0 radical (unpaired) electrons. The Bertz CT molecular complexity index is 898. The number of nitrogens with zero attached hydrogens (tertiary/aromatic N) is 1. The largest absolute Gasteiger partial charge is 0.482 e. The molecule has 2 aromatic rings. The number of allylic oxidation sites excluding steroid dienone is 1. The summed E-state index contributed by atoms with van der Waals surface area (Å²) in [7, 11) is 0. The molecule has 0 saturated heterocycles. The molecule has 1 atom stereocenters. The van der Waals surface area contributed by atoms with Crippen LogP contribution in [0.15, 0.2) is 36.1 Å². The van der Waals surface area contributed by atoms with Crippen molar-refractivity contribution in [2.24, 2.45) is 0 Å². The number of hydrogen-bond donors (Lipinski definition) is 4. The van der Waals surface area contributed by atoms with Gasteiger partial charge in [0.2, 0.25) is 5.95 Å². The number of aromatic amines is 1. The predicted molar refractivity (Wildman–Crippen MR) is 96.6 cm³/mol. The van der Waals surface area contributed by atoms with Gasteiger partial charge < -0.3 is 20.1 Å². The topological polar surface area (TPSA) is 133 Å². The second-order valence-corrected chi connectivity index (χ2v) is 6.81. The Kier molecular flexibility index (Phi) is 4.95. The van der Waals surface area contributed by atoms with E-state index in [9.17, 15) is 19.5 Å². The third-order valence-corrected chi connectivity index (χ3v) is 3.94. The average Bonchev–Trinajstić information content (AvgIpc) is 2.99. The van der Waals surface area contributed by atoms with Gasteiger partial charge in [0.1, 0.15) is 11.6 Å². The Morgan fingerprint density at radius 3 is 2.78 bits per heavy atom. The van der Waals surface area contributed by atoms with Crippen LogP contribution >= 0.6 is 0 Å². The van der Waals surface area contributed by atoms with E-state index in [1.54, 1.807) is 26.0 Å². The molecule has 142 valence electrons. The Labute approximate surface area is 154 Å². The highest BCUT2D eigenvalue weighted by Crippen LogP contribution is 2.24. The lowest BCUT2D eigenvalue weighted by Gasteiger charge is -2.30. The van der Waals surface area contributed by atoms with Crippen molar-refractivity contribution in [1.82, 2.24) is 15.3 Å². The molecule has 27 heavy (non-hydrogen) atoms. The number of H-pyrrole nitrogens is 1. The summed E-state index contributed by atoms with van der Waals surface area (Å²) in [5.74, 6) is -1.66. The second-order valence-electron chi connectivity index (χ2n) is 6.81. The number of para-hydroxylation sites is 2. The van der Waals surface area contributed by atoms with E-state index in [0.717, 1.165) is 11.6 Å². The summed E-state index contributed by atoms with van der Waals surface area (Å²) in [5.41, 5.74) is 0.585. The number of aliphatic hydroxyl groups is 1. The maximum absolute atomic E-state index is 12.4. The molecule has 1 aromatic carbocycles. The molecular formula is C18H20N4O5. The highest BCUT2D eigenvalue weighted by atomic mass is 16.5. The van der Waals surface area contributed by atoms with Gasteiger partial charge in [0, 0.05) is 12.5 Å². The number of amides is 2. The van der Waals surface area contributed by atoms with Gasteiger partial charge in [0.15, 0.2) is 11.5 Å². The fourth-order valence-electron chi connectivity index (χ4n) is 2.73. The van der Waals surface area contributed by atoms with Crippen LogP contribution in [0.5, 0.6) is 0 Å². The Morgan fingerprint density at radius 1 is 1.37 bits per heavy atom. The van der Waals surface area contributed by atoms with E-state index < -0.39 is 30.1 Å². The van der Waals surface area contributed by atoms with E-state index in [-0.39, 0.29) is 23.9 Å². The monoisotopic (exact) mass is 372 g/mol. The van der Waals surface area contributed by atoms with Crippen LogP contribution in [0.1, 0.15) is 20.3 Å². The molecule has 4 N–H and O–H groups in total. The van der Waals surface area contributed by atoms with Crippen LogP contribution in [-0.4, -0.2) is 50.9 Å². The minimum Gasteiger partial charge on any atom is -0.482 e. The molecule has 0 spiro atoms. The summed E-state index contributed by atoms with van der Waals surface area (Å²) in [6, 6.07) is 5.97. The number of rotatable bonds is 5. The number of carbonyl (C=O) groups excluding carboxylic acids is 3. The molecule has 0 fully saturated rings. The van der Waals surface area contributed by atoms with Crippen LogP contribution < -0.4 is 10.6 Å². The zero-order valence-electron chi connectivity index (χ0n) is 14.9. The fraction of sp³-hybridized carbons (Fsp3) is 0.333. The van der Waals surface area contributed by atoms with E-state index in [2.05, 4.69) is 20.6 Å². The highest BCUT2D eigenvalue weighted by Gasteiger charge is 2.33. The van der Waals surface area contributed by atoms with Gasteiger partial charge in [-0.25, -0.2) is 4.98 Å². The van der Waals surface area contributed by atoms with Crippen molar-refractivity contribution >= 4 is 34.6 Å². The Balaban J connectivity index is 1.68.